The molecule has 0 fully saturated rings. The van der Waals surface area contributed by atoms with Gasteiger partial charge in [-0.15, -0.1) is 11.3 Å². The van der Waals surface area contributed by atoms with E-state index in [1.165, 1.54) is 59.3 Å². The van der Waals surface area contributed by atoms with Gasteiger partial charge in [0.05, 0.1) is 0 Å². The molecule has 0 atom stereocenters. The van der Waals surface area contributed by atoms with Crippen LogP contribution in [0.3, 0.4) is 0 Å². The highest BCUT2D eigenvalue weighted by Crippen LogP contribution is 2.43. The number of allylic oxidation sites excluding steroid dienone is 4. The van der Waals surface area contributed by atoms with E-state index in [1.54, 1.807) is 0 Å². The fraction of sp³-hybridized carbons (Fsp3) is 0.0417. The predicted molar refractivity (Wildman–Crippen MR) is 218 cm³/mol. The van der Waals surface area contributed by atoms with Crippen LogP contribution in [-0.2, 0) is 0 Å². The molecule has 51 heavy (non-hydrogen) atoms. The fourth-order valence-electron chi connectivity index (χ4n) is 7.62. The van der Waals surface area contributed by atoms with Crippen LogP contribution >= 0.6 is 11.3 Å². The van der Waals surface area contributed by atoms with Crippen LogP contribution in [0, 0.1) is 0 Å². The topological polar surface area (TPSA) is 25.2 Å². The maximum absolute atomic E-state index is 6.54. The van der Waals surface area contributed by atoms with E-state index in [1.807, 2.05) is 17.4 Å². The van der Waals surface area contributed by atoms with Gasteiger partial charge < -0.3 is 9.73 Å². The lowest BCUT2D eigenvalue weighted by atomic mass is 9.92. The lowest BCUT2D eigenvalue weighted by Crippen LogP contribution is -2.03. The minimum Gasteiger partial charge on any atom is -0.455 e. The van der Waals surface area contributed by atoms with Crippen LogP contribution in [0.15, 0.2) is 180 Å². The van der Waals surface area contributed by atoms with Crippen molar-refractivity contribution < 1.29 is 4.42 Å². The summed E-state index contributed by atoms with van der Waals surface area (Å²) in [4.78, 5) is 0. The Morgan fingerprint density at radius 3 is 1.98 bits per heavy atom. The summed E-state index contributed by atoms with van der Waals surface area (Å²) >= 11 is 1.87. The Bertz CT molecular complexity index is 2680. The zero-order valence-electron chi connectivity index (χ0n) is 27.9. The maximum Gasteiger partial charge on any atom is 0.143 e. The molecular weight excluding hydrogens is 639 g/mol. The highest BCUT2D eigenvalue weighted by molar-refractivity contribution is 7.26. The van der Waals surface area contributed by atoms with Crippen molar-refractivity contribution in [2.24, 2.45) is 0 Å². The monoisotopic (exact) mass is 671 g/mol. The molecule has 0 unspecified atom stereocenters. The van der Waals surface area contributed by atoms with Gasteiger partial charge in [-0.25, -0.2) is 0 Å². The third-order valence-electron chi connectivity index (χ3n) is 10.2. The Labute approximate surface area is 300 Å². The van der Waals surface area contributed by atoms with Gasteiger partial charge in [-0.2, -0.15) is 0 Å². The summed E-state index contributed by atoms with van der Waals surface area (Å²) in [5.41, 5.74) is 13.9. The van der Waals surface area contributed by atoms with Gasteiger partial charge in [0, 0.05) is 47.9 Å². The number of fused-ring (bicyclic) bond motifs is 6. The number of nitrogens with one attached hydrogen (secondary N) is 1. The Balaban J connectivity index is 1.07. The van der Waals surface area contributed by atoms with Gasteiger partial charge in [0.1, 0.15) is 11.2 Å². The normalized spacial score (nSPS) is 13.2. The molecule has 1 aliphatic rings. The van der Waals surface area contributed by atoms with Crippen molar-refractivity contribution in [1.29, 1.82) is 0 Å². The lowest BCUT2D eigenvalue weighted by molar-refractivity contribution is 0.670. The van der Waals surface area contributed by atoms with Crippen LogP contribution < -0.4 is 5.32 Å². The molecule has 2 heterocycles. The number of rotatable bonds is 6. The Kier molecular flexibility index (Phi) is 7.18. The SMILES string of the molecule is C1=C(Nc2ccc(-c3cc(-c4cccc5c4oc4ccccc45)cc(-c4cccc5c4sc4ccccc45)c3)cc2)CCC(c2ccccc2)=C1. The summed E-state index contributed by atoms with van der Waals surface area (Å²) in [5, 5.41) is 8.57. The average molecular weight is 672 g/mol. The van der Waals surface area contributed by atoms with Crippen LogP contribution in [0.1, 0.15) is 18.4 Å². The van der Waals surface area contributed by atoms with Gasteiger partial charge in [0.15, 0.2) is 0 Å². The molecule has 1 N–H and O–H groups in total. The summed E-state index contributed by atoms with van der Waals surface area (Å²) < 4.78 is 9.17. The Morgan fingerprint density at radius 2 is 1.16 bits per heavy atom. The maximum atomic E-state index is 6.54. The van der Waals surface area contributed by atoms with Gasteiger partial charge in [0.2, 0.25) is 0 Å². The average Bonchev–Trinajstić information content (AvgIpc) is 3.77. The number of benzene rings is 7. The first-order valence-corrected chi connectivity index (χ1v) is 18.4. The molecule has 0 spiro atoms. The largest absolute Gasteiger partial charge is 0.455 e. The number of hydrogen-bond donors (Lipinski definition) is 1. The van der Waals surface area contributed by atoms with E-state index in [4.69, 9.17) is 4.42 Å². The van der Waals surface area contributed by atoms with Crippen LogP contribution in [0.25, 0.3) is 81.1 Å². The molecule has 10 rings (SSSR count). The van der Waals surface area contributed by atoms with E-state index in [0.717, 1.165) is 51.6 Å². The van der Waals surface area contributed by atoms with E-state index in [-0.39, 0.29) is 0 Å². The zero-order valence-corrected chi connectivity index (χ0v) is 28.7. The molecule has 0 radical (unpaired) electrons. The second kappa shape index (κ2) is 12.3. The highest BCUT2D eigenvalue weighted by atomic mass is 32.1. The van der Waals surface area contributed by atoms with Crippen molar-refractivity contribution in [3.05, 3.63) is 181 Å². The van der Waals surface area contributed by atoms with Crippen molar-refractivity contribution in [2.45, 2.75) is 12.8 Å². The minimum absolute atomic E-state index is 0.911. The molecular formula is C48H33NOS. The van der Waals surface area contributed by atoms with Gasteiger partial charge in [-0.3, -0.25) is 0 Å². The fourth-order valence-corrected chi connectivity index (χ4v) is 8.86. The Hall–Kier alpha value is -6.16. The third kappa shape index (κ3) is 5.34. The molecule has 0 bridgehead atoms. The summed E-state index contributed by atoms with van der Waals surface area (Å²) in [7, 11) is 0. The molecule has 0 saturated carbocycles. The van der Waals surface area contributed by atoms with Crippen molar-refractivity contribution in [3.63, 3.8) is 0 Å². The van der Waals surface area contributed by atoms with Gasteiger partial charge in [0.25, 0.3) is 0 Å². The minimum atomic E-state index is 0.911. The van der Waals surface area contributed by atoms with Crippen molar-refractivity contribution in [3.8, 4) is 33.4 Å². The first kappa shape index (κ1) is 29.7. The zero-order chi connectivity index (χ0) is 33.7. The molecule has 3 heteroatoms. The Morgan fingerprint density at radius 1 is 0.471 bits per heavy atom. The highest BCUT2D eigenvalue weighted by Gasteiger charge is 2.17. The van der Waals surface area contributed by atoms with Gasteiger partial charge >= 0.3 is 0 Å². The van der Waals surface area contributed by atoms with Gasteiger partial charge in [-0.05, 0) is 100 Å². The van der Waals surface area contributed by atoms with Crippen LogP contribution in [-0.4, -0.2) is 0 Å². The third-order valence-corrected chi connectivity index (χ3v) is 11.4. The van der Waals surface area contributed by atoms with E-state index >= 15 is 0 Å². The summed E-state index contributed by atoms with van der Waals surface area (Å²) in [6, 6.07) is 56.8. The first-order chi connectivity index (χ1) is 25.2. The second-order valence-electron chi connectivity index (χ2n) is 13.3. The molecule has 7 aromatic carbocycles. The predicted octanol–water partition coefficient (Wildman–Crippen LogP) is 14.1. The summed E-state index contributed by atoms with van der Waals surface area (Å²) in [6.07, 6.45) is 6.50. The van der Waals surface area contributed by atoms with E-state index in [0.29, 0.717) is 0 Å². The quantitative estimate of drug-likeness (QED) is 0.190. The van der Waals surface area contributed by atoms with Crippen LogP contribution in [0.2, 0.25) is 0 Å². The smallest absolute Gasteiger partial charge is 0.143 e. The summed E-state index contributed by atoms with van der Waals surface area (Å²) in [6.45, 7) is 0. The van der Waals surface area contributed by atoms with E-state index < -0.39 is 0 Å². The lowest BCUT2D eigenvalue weighted by Gasteiger charge is -2.17. The second-order valence-corrected chi connectivity index (χ2v) is 14.4. The molecule has 0 saturated heterocycles. The molecule has 1 aliphatic carbocycles. The first-order valence-electron chi connectivity index (χ1n) is 17.5. The molecule has 2 aromatic heterocycles. The number of hydrogen-bond acceptors (Lipinski definition) is 3. The molecule has 0 aliphatic heterocycles. The van der Waals surface area contributed by atoms with E-state index in [9.17, 15) is 0 Å². The van der Waals surface area contributed by atoms with Crippen molar-refractivity contribution in [1.82, 2.24) is 0 Å². The summed E-state index contributed by atoms with van der Waals surface area (Å²) in [5.74, 6) is 0. The van der Waals surface area contributed by atoms with Crippen LogP contribution in [0.5, 0.6) is 0 Å². The molecule has 0 amide bonds. The number of para-hydroxylation sites is 2. The number of furan rings is 1. The van der Waals surface area contributed by atoms with Crippen molar-refractivity contribution in [2.75, 3.05) is 5.32 Å². The van der Waals surface area contributed by atoms with E-state index in [2.05, 4.69) is 169 Å². The number of thiophene rings is 1. The molecule has 242 valence electrons. The van der Waals surface area contributed by atoms with Gasteiger partial charge in [-0.1, -0.05) is 121 Å². The molecule has 2 nitrogen and oxygen atoms in total. The molecule has 9 aromatic rings. The van der Waals surface area contributed by atoms with Crippen molar-refractivity contribution >= 4 is 64.7 Å². The standard InChI is InChI=1S/C48H33NOS/c1-2-10-31(11-3-1)32-20-24-37(25-21-32)49-38-26-22-33(23-27-38)34-28-35(39-14-8-16-43-41-12-4-6-18-45(41)50-47(39)43)30-36(29-34)40-15-9-17-44-42-13-5-7-19-46(42)51-48(40)44/h1-20,22-24,26-30,49H,21,25H2. The number of anilines is 1. The van der Waals surface area contributed by atoms with Crippen LogP contribution in [0.4, 0.5) is 5.69 Å².